The van der Waals surface area contributed by atoms with E-state index in [1.807, 2.05) is 6.92 Å². The van der Waals surface area contributed by atoms with Crippen molar-refractivity contribution in [3.8, 4) is 0 Å². The molecular weight excluding hydrogens is 176 g/mol. The number of rotatable bonds is 2. The molecule has 2 rings (SSSR count). The van der Waals surface area contributed by atoms with Crippen molar-refractivity contribution < 1.29 is 0 Å². The van der Waals surface area contributed by atoms with E-state index in [4.69, 9.17) is 0 Å². The fourth-order valence-corrected chi connectivity index (χ4v) is 1.84. The van der Waals surface area contributed by atoms with Crippen molar-refractivity contribution in [1.29, 1.82) is 0 Å². The number of nitrogens with zero attached hydrogens (tertiary/aromatic N) is 2. The van der Waals surface area contributed by atoms with Crippen LogP contribution in [0.3, 0.4) is 0 Å². The molecule has 0 aliphatic carbocycles. The summed E-state index contributed by atoms with van der Waals surface area (Å²) in [5.41, 5.74) is 2.30. The van der Waals surface area contributed by atoms with Gasteiger partial charge in [0.05, 0.1) is 5.69 Å². The van der Waals surface area contributed by atoms with Gasteiger partial charge < -0.3 is 5.32 Å². The van der Waals surface area contributed by atoms with Gasteiger partial charge in [-0.05, 0) is 32.5 Å². The van der Waals surface area contributed by atoms with Crippen molar-refractivity contribution in [2.24, 2.45) is 0 Å². The molecule has 0 unspecified atom stereocenters. The Kier molecular flexibility index (Phi) is 3.16. The third kappa shape index (κ3) is 2.56. The number of H-pyrrole nitrogens is 1. The van der Waals surface area contributed by atoms with E-state index in [9.17, 15) is 0 Å². The van der Waals surface area contributed by atoms with Crippen LogP contribution in [0.1, 0.15) is 17.8 Å². The maximum absolute atomic E-state index is 4.25. The van der Waals surface area contributed by atoms with Gasteiger partial charge in [-0.3, -0.25) is 10.00 Å². The molecule has 1 aromatic rings. The third-order valence-corrected chi connectivity index (χ3v) is 2.58. The Bertz CT molecular complexity index is 273. The number of aromatic nitrogens is 2. The zero-order valence-electron chi connectivity index (χ0n) is 8.71. The number of aromatic amines is 1. The fourth-order valence-electron chi connectivity index (χ4n) is 1.84. The largest absolute Gasteiger partial charge is 0.315 e. The monoisotopic (exact) mass is 194 g/mol. The third-order valence-electron chi connectivity index (χ3n) is 2.58. The molecule has 0 bridgehead atoms. The Hall–Kier alpha value is -0.870. The minimum Gasteiger partial charge on any atom is -0.315 e. The summed E-state index contributed by atoms with van der Waals surface area (Å²) in [5, 5.41) is 10.6. The smallest absolute Gasteiger partial charge is 0.0765 e. The van der Waals surface area contributed by atoms with Crippen LogP contribution in [0.4, 0.5) is 0 Å². The molecule has 78 valence electrons. The first kappa shape index (κ1) is 9.68. The molecule has 0 saturated carbocycles. The molecule has 2 heterocycles. The first-order valence-electron chi connectivity index (χ1n) is 5.28. The summed E-state index contributed by atoms with van der Waals surface area (Å²) in [5.74, 6) is 0. The molecule has 1 saturated heterocycles. The maximum Gasteiger partial charge on any atom is 0.0765 e. The van der Waals surface area contributed by atoms with E-state index >= 15 is 0 Å². The molecule has 2 N–H and O–H groups in total. The zero-order chi connectivity index (χ0) is 9.80. The van der Waals surface area contributed by atoms with Gasteiger partial charge >= 0.3 is 0 Å². The summed E-state index contributed by atoms with van der Waals surface area (Å²) >= 11 is 0. The zero-order valence-corrected chi connectivity index (χ0v) is 8.71. The second-order valence-electron chi connectivity index (χ2n) is 3.92. The predicted molar refractivity (Wildman–Crippen MR) is 56.1 cm³/mol. The molecule has 1 fully saturated rings. The van der Waals surface area contributed by atoms with Crippen LogP contribution in [0.25, 0.3) is 0 Å². The standard InChI is InChI=1S/C10H18N4/c1-9-7-10(13-12-9)8-14-5-2-3-11-4-6-14/h7,11H,2-6,8H2,1H3,(H,12,13). The van der Waals surface area contributed by atoms with Gasteiger partial charge in [0, 0.05) is 25.3 Å². The van der Waals surface area contributed by atoms with Gasteiger partial charge in [-0.25, -0.2) is 0 Å². The van der Waals surface area contributed by atoms with Crippen LogP contribution in [-0.2, 0) is 6.54 Å². The maximum atomic E-state index is 4.25. The number of aryl methyl sites for hydroxylation is 1. The van der Waals surface area contributed by atoms with E-state index < -0.39 is 0 Å². The minimum atomic E-state index is 0.978. The Labute approximate surface area is 84.7 Å². The van der Waals surface area contributed by atoms with Crippen molar-refractivity contribution >= 4 is 0 Å². The second-order valence-corrected chi connectivity index (χ2v) is 3.92. The Morgan fingerprint density at radius 3 is 3.14 bits per heavy atom. The molecule has 14 heavy (non-hydrogen) atoms. The van der Waals surface area contributed by atoms with Crippen LogP contribution >= 0.6 is 0 Å². The Morgan fingerprint density at radius 2 is 2.36 bits per heavy atom. The van der Waals surface area contributed by atoms with E-state index in [1.165, 1.54) is 13.0 Å². The SMILES string of the molecule is Cc1cc(CN2CCCNCC2)n[nH]1. The lowest BCUT2D eigenvalue weighted by molar-refractivity contribution is 0.281. The highest BCUT2D eigenvalue weighted by molar-refractivity contribution is 5.06. The van der Waals surface area contributed by atoms with Crippen molar-refractivity contribution in [3.63, 3.8) is 0 Å². The van der Waals surface area contributed by atoms with Crippen LogP contribution in [0.2, 0.25) is 0 Å². The highest BCUT2D eigenvalue weighted by Crippen LogP contribution is 2.04. The van der Waals surface area contributed by atoms with E-state index in [2.05, 4.69) is 26.5 Å². The highest BCUT2D eigenvalue weighted by atomic mass is 15.2. The molecular formula is C10H18N4. The summed E-state index contributed by atoms with van der Waals surface area (Å²) in [7, 11) is 0. The summed E-state index contributed by atoms with van der Waals surface area (Å²) in [6.45, 7) is 7.58. The van der Waals surface area contributed by atoms with E-state index in [-0.39, 0.29) is 0 Å². The van der Waals surface area contributed by atoms with Crippen molar-refractivity contribution in [3.05, 3.63) is 17.5 Å². The Balaban J connectivity index is 1.89. The average Bonchev–Trinajstić information content (AvgIpc) is 2.43. The van der Waals surface area contributed by atoms with Crippen LogP contribution in [0, 0.1) is 6.92 Å². The lowest BCUT2D eigenvalue weighted by Gasteiger charge is -2.17. The van der Waals surface area contributed by atoms with Crippen LogP contribution in [0.5, 0.6) is 0 Å². The fraction of sp³-hybridized carbons (Fsp3) is 0.700. The van der Waals surface area contributed by atoms with Gasteiger partial charge in [0.1, 0.15) is 0 Å². The topological polar surface area (TPSA) is 44.0 Å². The molecule has 0 atom stereocenters. The summed E-state index contributed by atoms with van der Waals surface area (Å²) in [6, 6.07) is 2.12. The molecule has 1 aliphatic rings. The number of hydrogen-bond acceptors (Lipinski definition) is 3. The molecule has 0 aromatic carbocycles. The first-order chi connectivity index (χ1) is 6.84. The number of hydrogen-bond donors (Lipinski definition) is 2. The van der Waals surface area contributed by atoms with Gasteiger partial charge in [0.15, 0.2) is 0 Å². The summed E-state index contributed by atoms with van der Waals surface area (Å²) in [4.78, 5) is 2.45. The lowest BCUT2D eigenvalue weighted by Crippen LogP contribution is -2.27. The minimum absolute atomic E-state index is 0.978. The van der Waals surface area contributed by atoms with Gasteiger partial charge in [-0.2, -0.15) is 5.10 Å². The van der Waals surface area contributed by atoms with Gasteiger partial charge in [-0.1, -0.05) is 0 Å². The van der Waals surface area contributed by atoms with Crippen LogP contribution < -0.4 is 5.32 Å². The van der Waals surface area contributed by atoms with Crippen LogP contribution in [0.15, 0.2) is 6.07 Å². The van der Waals surface area contributed by atoms with Gasteiger partial charge in [0.25, 0.3) is 0 Å². The van der Waals surface area contributed by atoms with Gasteiger partial charge in [0.2, 0.25) is 0 Å². The molecule has 1 aliphatic heterocycles. The highest BCUT2D eigenvalue weighted by Gasteiger charge is 2.09. The van der Waals surface area contributed by atoms with Gasteiger partial charge in [-0.15, -0.1) is 0 Å². The molecule has 1 aromatic heterocycles. The number of nitrogens with one attached hydrogen (secondary N) is 2. The van der Waals surface area contributed by atoms with Crippen molar-refractivity contribution in [2.75, 3.05) is 26.2 Å². The quantitative estimate of drug-likeness (QED) is 0.721. The van der Waals surface area contributed by atoms with E-state index in [1.54, 1.807) is 0 Å². The summed E-state index contributed by atoms with van der Waals surface area (Å²) in [6.07, 6.45) is 1.24. The summed E-state index contributed by atoms with van der Waals surface area (Å²) < 4.78 is 0. The lowest BCUT2D eigenvalue weighted by atomic mass is 10.3. The van der Waals surface area contributed by atoms with E-state index in [0.29, 0.717) is 0 Å². The molecule has 0 radical (unpaired) electrons. The van der Waals surface area contributed by atoms with Crippen LogP contribution in [-0.4, -0.2) is 41.3 Å². The van der Waals surface area contributed by atoms with E-state index in [0.717, 1.165) is 37.6 Å². The second kappa shape index (κ2) is 4.57. The molecule has 0 spiro atoms. The molecule has 4 heteroatoms. The van der Waals surface area contributed by atoms with Crippen molar-refractivity contribution in [2.45, 2.75) is 19.9 Å². The molecule has 4 nitrogen and oxygen atoms in total. The van der Waals surface area contributed by atoms with Crippen molar-refractivity contribution in [1.82, 2.24) is 20.4 Å². The first-order valence-corrected chi connectivity index (χ1v) is 5.28. The Morgan fingerprint density at radius 1 is 1.43 bits per heavy atom. The predicted octanol–water partition coefficient (Wildman–Crippen LogP) is 0.513. The average molecular weight is 194 g/mol. The normalized spacial score (nSPS) is 19.5. The molecule has 0 amide bonds.